The Labute approximate surface area is 206 Å². The van der Waals surface area contributed by atoms with Gasteiger partial charge in [0.25, 0.3) is 0 Å². The second kappa shape index (κ2) is 14.4. The van der Waals surface area contributed by atoms with E-state index in [1.54, 1.807) is 0 Å². The fraction of sp³-hybridized carbons (Fsp3) is 0.400. The van der Waals surface area contributed by atoms with E-state index >= 15 is 0 Å². The lowest BCUT2D eigenvalue weighted by atomic mass is 9.37. The smallest absolute Gasteiger partial charge is 0.241 e. The van der Waals surface area contributed by atoms with Crippen LogP contribution in [0.5, 0.6) is 17.2 Å². The topological polar surface area (TPSA) is 27.7 Å². The van der Waals surface area contributed by atoms with E-state index in [0.29, 0.717) is 0 Å². The molecule has 0 aliphatic rings. The van der Waals surface area contributed by atoms with Gasteiger partial charge in [0, 0.05) is 0 Å². The first-order valence-electron chi connectivity index (χ1n) is 12.9. The lowest BCUT2D eigenvalue weighted by molar-refractivity contribution is 0.309. The molecule has 0 amide bonds. The maximum Gasteiger partial charge on any atom is 0.241 e. The molecule has 0 saturated carbocycles. The summed E-state index contributed by atoms with van der Waals surface area (Å²) < 4.78 is 18.1. The summed E-state index contributed by atoms with van der Waals surface area (Å²) in [6.07, 6.45) is 6.54. The predicted octanol–water partition coefficient (Wildman–Crippen LogP) is 5.74. The Morgan fingerprint density at radius 3 is 1.12 bits per heavy atom. The molecule has 0 saturated heterocycles. The van der Waals surface area contributed by atoms with E-state index < -0.39 is 0 Å². The Morgan fingerprint density at radius 2 is 0.824 bits per heavy atom. The number of rotatable bonds is 15. The molecule has 34 heavy (non-hydrogen) atoms. The average Bonchev–Trinajstić information content (AvgIpc) is 2.86. The van der Waals surface area contributed by atoms with Crippen molar-refractivity contribution in [3.05, 3.63) is 72.8 Å². The molecule has 0 spiro atoms. The molecule has 3 aromatic rings. The van der Waals surface area contributed by atoms with E-state index in [2.05, 4.69) is 75.4 Å². The zero-order valence-corrected chi connectivity index (χ0v) is 21.1. The van der Waals surface area contributed by atoms with Crippen LogP contribution in [0.1, 0.15) is 59.3 Å². The average molecular weight is 458 g/mol. The van der Waals surface area contributed by atoms with Gasteiger partial charge in [-0.15, -0.1) is 0 Å². The van der Waals surface area contributed by atoms with Crippen LogP contribution in [0.2, 0.25) is 0 Å². The van der Waals surface area contributed by atoms with Gasteiger partial charge < -0.3 is 14.2 Å². The van der Waals surface area contributed by atoms with Gasteiger partial charge in [-0.1, -0.05) is 92.8 Å². The van der Waals surface area contributed by atoms with Gasteiger partial charge in [0.2, 0.25) is 6.71 Å². The largest absolute Gasteiger partial charge is 0.494 e. The molecule has 3 rings (SSSR count). The summed E-state index contributed by atoms with van der Waals surface area (Å²) in [5, 5.41) is 0. The van der Waals surface area contributed by atoms with E-state index in [0.717, 1.165) is 75.6 Å². The molecule has 0 heterocycles. The molecule has 4 heteroatoms. The number of benzene rings is 3. The van der Waals surface area contributed by atoms with E-state index in [-0.39, 0.29) is 6.71 Å². The number of ether oxygens (including phenoxy) is 3. The highest BCUT2D eigenvalue weighted by molar-refractivity contribution is 6.95. The SMILES string of the molecule is CCCCOc1cccc(B(c2cccc(OCCCC)c2)c2cccc(OCCCC)c2)c1. The standard InChI is InChI=1S/C30H39BO3/c1-4-7-19-32-28-16-10-13-25(22-28)31(26-14-11-17-29(23-26)33-20-8-5-2)27-15-12-18-30(24-27)34-21-9-6-3/h10-18,22-24H,4-9,19-21H2,1-3H3. The summed E-state index contributed by atoms with van der Waals surface area (Å²) in [7, 11) is 0. The van der Waals surface area contributed by atoms with Crippen molar-refractivity contribution in [2.24, 2.45) is 0 Å². The molecular formula is C30H39BO3. The van der Waals surface area contributed by atoms with Crippen molar-refractivity contribution >= 4 is 23.1 Å². The van der Waals surface area contributed by atoms with Crippen LogP contribution in [0.15, 0.2) is 72.8 Å². The van der Waals surface area contributed by atoms with Crippen LogP contribution in [0.3, 0.4) is 0 Å². The van der Waals surface area contributed by atoms with Gasteiger partial charge in [-0.2, -0.15) is 0 Å². The van der Waals surface area contributed by atoms with Gasteiger partial charge in [0.1, 0.15) is 17.2 Å². The van der Waals surface area contributed by atoms with Crippen LogP contribution in [0.25, 0.3) is 0 Å². The van der Waals surface area contributed by atoms with Crippen LogP contribution >= 0.6 is 0 Å². The second-order valence-electron chi connectivity index (χ2n) is 8.76. The molecule has 0 aromatic heterocycles. The third-order valence-electron chi connectivity index (χ3n) is 5.87. The summed E-state index contributed by atoms with van der Waals surface area (Å²) in [6.45, 7) is 8.83. The third kappa shape index (κ3) is 7.86. The Hall–Kier alpha value is -2.88. The normalized spacial score (nSPS) is 10.7. The van der Waals surface area contributed by atoms with Crippen molar-refractivity contribution in [2.75, 3.05) is 19.8 Å². The Balaban J connectivity index is 1.96. The van der Waals surface area contributed by atoms with Crippen LogP contribution < -0.4 is 30.6 Å². The zero-order valence-electron chi connectivity index (χ0n) is 21.1. The Morgan fingerprint density at radius 1 is 0.500 bits per heavy atom. The lowest BCUT2D eigenvalue weighted by Gasteiger charge is -2.19. The zero-order chi connectivity index (χ0) is 24.0. The minimum absolute atomic E-state index is 0.0548. The summed E-state index contributed by atoms with van der Waals surface area (Å²) >= 11 is 0. The van der Waals surface area contributed by atoms with Gasteiger partial charge >= 0.3 is 0 Å². The van der Waals surface area contributed by atoms with Crippen molar-refractivity contribution in [3.63, 3.8) is 0 Å². The van der Waals surface area contributed by atoms with Gasteiger partial charge in [-0.05, 0) is 55.7 Å². The van der Waals surface area contributed by atoms with Crippen molar-refractivity contribution in [3.8, 4) is 17.2 Å². The highest BCUT2D eigenvalue weighted by atomic mass is 16.5. The summed E-state index contributed by atoms with van der Waals surface area (Å²) in [6, 6.07) is 25.5. The molecule has 0 atom stereocenters. The quantitative estimate of drug-likeness (QED) is 0.215. The molecular weight excluding hydrogens is 419 g/mol. The van der Waals surface area contributed by atoms with Crippen LogP contribution in [-0.4, -0.2) is 26.5 Å². The first kappa shape index (κ1) is 25.7. The molecule has 0 radical (unpaired) electrons. The van der Waals surface area contributed by atoms with E-state index in [9.17, 15) is 0 Å². The van der Waals surface area contributed by atoms with E-state index in [1.807, 2.05) is 18.2 Å². The first-order valence-corrected chi connectivity index (χ1v) is 12.9. The van der Waals surface area contributed by atoms with Crippen molar-refractivity contribution in [1.29, 1.82) is 0 Å². The van der Waals surface area contributed by atoms with Crippen LogP contribution in [-0.2, 0) is 0 Å². The fourth-order valence-electron chi connectivity index (χ4n) is 3.93. The number of hydrogen-bond acceptors (Lipinski definition) is 3. The first-order chi connectivity index (χ1) is 16.7. The van der Waals surface area contributed by atoms with Crippen molar-refractivity contribution in [2.45, 2.75) is 59.3 Å². The highest BCUT2D eigenvalue weighted by Crippen LogP contribution is 2.14. The summed E-state index contributed by atoms with van der Waals surface area (Å²) in [5.74, 6) is 2.75. The number of hydrogen-bond donors (Lipinski definition) is 0. The molecule has 0 N–H and O–H groups in total. The van der Waals surface area contributed by atoms with Gasteiger partial charge in [0.15, 0.2) is 0 Å². The third-order valence-corrected chi connectivity index (χ3v) is 5.87. The second-order valence-corrected chi connectivity index (χ2v) is 8.76. The molecule has 0 aliphatic heterocycles. The maximum absolute atomic E-state index is 6.04. The van der Waals surface area contributed by atoms with E-state index in [4.69, 9.17) is 14.2 Å². The summed E-state index contributed by atoms with van der Waals surface area (Å²) in [4.78, 5) is 0. The Kier molecular flexibility index (Phi) is 10.9. The van der Waals surface area contributed by atoms with Crippen LogP contribution in [0.4, 0.5) is 0 Å². The minimum Gasteiger partial charge on any atom is -0.494 e. The molecule has 0 aliphatic carbocycles. The van der Waals surface area contributed by atoms with Gasteiger partial charge in [0.05, 0.1) is 19.8 Å². The minimum atomic E-state index is 0.0548. The van der Waals surface area contributed by atoms with Crippen LogP contribution in [0, 0.1) is 0 Å². The summed E-state index contributed by atoms with van der Waals surface area (Å²) in [5.41, 5.74) is 3.60. The Bertz CT molecular complexity index is 861. The predicted molar refractivity (Wildman–Crippen MR) is 145 cm³/mol. The molecule has 0 fully saturated rings. The van der Waals surface area contributed by atoms with Gasteiger partial charge in [-0.25, -0.2) is 0 Å². The van der Waals surface area contributed by atoms with Gasteiger partial charge in [-0.3, -0.25) is 0 Å². The fourth-order valence-corrected chi connectivity index (χ4v) is 3.93. The molecule has 3 nitrogen and oxygen atoms in total. The van der Waals surface area contributed by atoms with Crippen molar-refractivity contribution < 1.29 is 14.2 Å². The monoisotopic (exact) mass is 458 g/mol. The van der Waals surface area contributed by atoms with E-state index in [1.165, 1.54) is 16.4 Å². The van der Waals surface area contributed by atoms with Crippen molar-refractivity contribution in [1.82, 2.24) is 0 Å². The maximum atomic E-state index is 6.04. The molecule has 180 valence electrons. The number of unbranched alkanes of at least 4 members (excludes halogenated alkanes) is 3. The highest BCUT2D eigenvalue weighted by Gasteiger charge is 2.23. The molecule has 3 aromatic carbocycles. The molecule has 0 unspecified atom stereocenters. The molecule has 0 bridgehead atoms. The lowest BCUT2D eigenvalue weighted by Crippen LogP contribution is -2.52.